The third-order valence-corrected chi connectivity index (χ3v) is 7.37. The molecule has 1 saturated heterocycles. The van der Waals surface area contributed by atoms with E-state index in [-0.39, 0.29) is 29.6 Å². The number of thioether (sulfide) groups is 1. The maximum Gasteiger partial charge on any atom is 0.250 e. The number of carbonyl (C=O) groups is 3. The molecular formula is C22H27ClN2O3S. The van der Waals surface area contributed by atoms with E-state index in [0.717, 1.165) is 55.5 Å². The molecule has 3 atom stereocenters. The molecule has 7 heteroatoms. The van der Waals surface area contributed by atoms with Gasteiger partial charge in [-0.1, -0.05) is 24.4 Å². The molecule has 2 heterocycles. The molecule has 156 valence electrons. The second kappa shape index (κ2) is 8.68. The lowest BCUT2D eigenvalue weighted by atomic mass is 9.81. The van der Waals surface area contributed by atoms with Crippen LogP contribution in [0.5, 0.6) is 0 Å². The van der Waals surface area contributed by atoms with Crippen LogP contribution in [0.2, 0.25) is 5.02 Å². The molecule has 2 fully saturated rings. The maximum atomic E-state index is 13.7. The van der Waals surface area contributed by atoms with Gasteiger partial charge in [0.2, 0.25) is 17.7 Å². The van der Waals surface area contributed by atoms with Gasteiger partial charge in [-0.3, -0.25) is 19.3 Å². The Morgan fingerprint density at radius 1 is 1.17 bits per heavy atom. The maximum absolute atomic E-state index is 13.7. The normalized spacial score (nSPS) is 25.0. The van der Waals surface area contributed by atoms with Crippen molar-refractivity contribution in [1.29, 1.82) is 0 Å². The highest BCUT2D eigenvalue weighted by Crippen LogP contribution is 2.40. The first-order valence-corrected chi connectivity index (χ1v) is 12.3. The molecule has 29 heavy (non-hydrogen) atoms. The van der Waals surface area contributed by atoms with Crippen molar-refractivity contribution in [2.24, 2.45) is 11.8 Å². The van der Waals surface area contributed by atoms with Crippen LogP contribution in [0.25, 0.3) is 0 Å². The average Bonchev–Trinajstić information content (AvgIpc) is 2.98. The van der Waals surface area contributed by atoms with Gasteiger partial charge >= 0.3 is 0 Å². The fourth-order valence-electron chi connectivity index (χ4n) is 5.06. The Labute approximate surface area is 181 Å². The summed E-state index contributed by atoms with van der Waals surface area (Å²) >= 11 is 7.77. The summed E-state index contributed by atoms with van der Waals surface area (Å²) in [5, 5.41) is 0.658. The van der Waals surface area contributed by atoms with E-state index in [4.69, 9.17) is 11.6 Å². The molecule has 1 aromatic rings. The highest BCUT2D eigenvalue weighted by atomic mass is 35.5. The van der Waals surface area contributed by atoms with Crippen LogP contribution < -0.4 is 4.90 Å². The van der Waals surface area contributed by atoms with E-state index < -0.39 is 6.04 Å². The van der Waals surface area contributed by atoms with Gasteiger partial charge in [0, 0.05) is 17.3 Å². The van der Waals surface area contributed by atoms with Gasteiger partial charge in [-0.05, 0) is 67.9 Å². The Bertz CT molecular complexity index is 806. The van der Waals surface area contributed by atoms with Gasteiger partial charge in [-0.2, -0.15) is 11.8 Å². The molecule has 4 rings (SSSR count). The van der Waals surface area contributed by atoms with Gasteiger partial charge in [0.25, 0.3) is 0 Å². The summed E-state index contributed by atoms with van der Waals surface area (Å²) in [6, 6.07) is 4.88. The first-order chi connectivity index (χ1) is 14.0. The molecule has 3 amide bonds. The molecule has 1 saturated carbocycles. The van der Waals surface area contributed by atoms with Crippen molar-refractivity contribution in [2.45, 2.75) is 51.0 Å². The van der Waals surface area contributed by atoms with E-state index in [0.29, 0.717) is 18.0 Å². The average molecular weight is 435 g/mol. The van der Waals surface area contributed by atoms with Gasteiger partial charge in [-0.25, -0.2) is 0 Å². The Morgan fingerprint density at radius 2 is 1.86 bits per heavy atom. The predicted molar refractivity (Wildman–Crippen MR) is 116 cm³/mol. The second-order valence-electron chi connectivity index (χ2n) is 8.21. The monoisotopic (exact) mass is 434 g/mol. The van der Waals surface area contributed by atoms with Gasteiger partial charge in [0.15, 0.2) is 0 Å². The molecule has 0 spiro atoms. The third kappa shape index (κ3) is 3.81. The number of aryl methyl sites for hydroxylation is 1. The predicted octanol–water partition coefficient (Wildman–Crippen LogP) is 3.92. The molecule has 5 nitrogen and oxygen atoms in total. The van der Waals surface area contributed by atoms with Crippen LogP contribution in [0.4, 0.5) is 5.69 Å². The number of imide groups is 1. The van der Waals surface area contributed by atoms with Crippen LogP contribution in [0.1, 0.15) is 44.1 Å². The Hall–Kier alpha value is -1.53. The molecular weight excluding hydrogens is 408 g/mol. The molecule has 0 N–H and O–H groups in total. The zero-order chi connectivity index (χ0) is 20.5. The van der Waals surface area contributed by atoms with E-state index in [1.54, 1.807) is 22.7 Å². The first-order valence-electron chi connectivity index (χ1n) is 10.5. The molecule has 3 unspecified atom stereocenters. The molecule has 0 radical (unpaired) electrons. The van der Waals surface area contributed by atoms with Crippen LogP contribution in [-0.2, 0) is 20.8 Å². The van der Waals surface area contributed by atoms with Crippen molar-refractivity contribution in [2.75, 3.05) is 23.5 Å². The molecule has 0 bridgehead atoms. The van der Waals surface area contributed by atoms with Gasteiger partial charge < -0.3 is 4.90 Å². The zero-order valence-corrected chi connectivity index (χ0v) is 18.3. The number of rotatable bonds is 5. The lowest BCUT2D eigenvalue weighted by molar-refractivity contribution is -0.147. The number of fused-ring (bicyclic) bond motifs is 2. The summed E-state index contributed by atoms with van der Waals surface area (Å²) in [6.45, 7) is 0.603. The summed E-state index contributed by atoms with van der Waals surface area (Å²) in [6.07, 6.45) is 7.70. The van der Waals surface area contributed by atoms with Crippen molar-refractivity contribution in [3.05, 3.63) is 28.8 Å². The lowest BCUT2D eigenvalue weighted by Crippen LogP contribution is -2.52. The number of halogens is 1. The summed E-state index contributed by atoms with van der Waals surface area (Å²) in [7, 11) is 0. The van der Waals surface area contributed by atoms with Crippen LogP contribution in [0.15, 0.2) is 18.2 Å². The number of likely N-dealkylation sites (tertiary alicyclic amines) is 1. The van der Waals surface area contributed by atoms with E-state index in [1.807, 2.05) is 18.4 Å². The van der Waals surface area contributed by atoms with Crippen molar-refractivity contribution < 1.29 is 14.4 Å². The summed E-state index contributed by atoms with van der Waals surface area (Å²) in [4.78, 5) is 43.1. The van der Waals surface area contributed by atoms with Crippen LogP contribution in [0, 0.1) is 11.8 Å². The summed E-state index contributed by atoms with van der Waals surface area (Å²) < 4.78 is 0. The van der Waals surface area contributed by atoms with Crippen molar-refractivity contribution >= 4 is 46.8 Å². The highest BCUT2D eigenvalue weighted by molar-refractivity contribution is 7.98. The van der Waals surface area contributed by atoms with Crippen LogP contribution in [0.3, 0.4) is 0 Å². The topological polar surface area (TPSA) is 57.7 Å². The quantitative estimate of drug-likeness (QED) is 0.659. The Morgan fingerprint density at radius 3 is 2.52 bits per heavy atom. The van der Waals surface area contributed by atoms with Gasteiger partial charge in [-0.15, -0.1) is 0 Å². The standard InChI is InChI=1S/C22H27ClN2O3S/c1-29-12-10-19(25-20(26)16-6-2-3-7-17(16)21(25)27)22(28)24-11-4-5-14-13-15(23)8-9-18(14)24/h8-9,13,16-17,19H,2-7,10-12H2,1H3. The van der Waals surface area contributed by atoms with Crippen molar-refractivity contribution in [3.63, 3.8) is 0 Å². The minimum Gasteiger partial charge on any atom is -0.310 e. The Balaban J connectivity index is 1.65. The first kappa shape index (κ1) is 20.7. The van der Waals surface area contributed by atoms with Crippen LogP contribution >= 0.6 is 23.4 Å². The number of anilines is 1. The SMILES string of the molecule is CSCCC(C(=O)N1CCCc2cc(Cl)ccc21)N1C(=O)C2CCCCC2C1=O. The fourth-order valence-corrected chi connectivity index (χ4v) is 5.72. The largest absolute Gasteiger partial charge is 0.310 e. The molecule has 2 aliphatic heterocycles. The fraction of sp³-hybridized carbons (Fsp3) is 0.591. The number of carbonyl (C=O) groups excluding carboxylic acids is 3. The summed E-state index contributed by atoms with van der Waals surface area (Å²) in [5.74, 6) is -0.131. The number of nitrogens with zero attached hydrogens (tertiary/aromatic N) is 2. The van der Waals surface area contributed by atoms with Gasteiger partial charge in [0.1, 0.15) is 6.04 Å². The van der Waals surface area contributed by atoms with Gasteiger partial charge in [0.05, 0.1) is 11.8 Å². The number of benzene rings is 1. The smallest absolute Gasteiger partial charge is 0.250 e. The lowest BCUT2D eigenvalue weighted by Gasteiger charge is -2.35. The minimum atomic E-state index is -0.713. The third-order valence-electron chi connectivity index (χ3n) is 6.49. The number of amides is 3. The van der Waals surface area contributed by atoms with E-state index in [2.05, 4.69) is 0 Å². The van der Waals surface area contributed by atoms with Crippen molar-refractivity contribution in [3.8, 4) is 0 Å². The zero-order valence-electron chi connectivity index (χ0n) is 16.7. The number of hydrogen-bond acceptors (Lipinski definition) is 4. The summed E-state index contributed by atoms with van der Waals surface area (Å²) in [5.41, 5.74) is 1.91. The molecule has 3 aliphatic rings. The molecule has 1 aromatic carbocycles. The molecule has 0 aromatic heterocycles. The van der Waals surface area contributed by atoms with E-state index in [1.165, 1.54) is 4.90 Å². The molecule has 1 aliphatic carbocycles. The Kier molecular flexibility index (Phi) is 6.21. The van der Waals surface area contributed by atoms with Crippen molar-refractivity contribution in [1.82, 2.24) is 4.90 Å². The van der Waals surface area contributed by atoms with Crippen LogP contribution in [-0.4, -0.2) is 47.2 Å². The minimum absolute atomic E-state index is 0.132. The van der Waals surface area contributed by atoms with E-state index in [9.17, 15) is 14.4 Å². The number of hydrogen-bond donors (Lipinski definition) is 0. The van der Waals surface area contributed by atoms with E-state index >= 15 is 0 Å². The second-order valence-corrected chi connectivity index (χ2v) is 9.63. The highest BCUT2D eigenvalue weighted by Gasteiger charge is 2.52.